The van der Waals surface area contributed by atoms with Gasteiger partial charge in [0.2, 0.25) is 0 Å². The molecule has 138 valence electrons. The first-order valence-electron chi connectivity index (χ1n) is 8.44. The van der Waals surface area contributed by atoms with Gasteiger partial charge in [-0.3, -0.25) is 9.78 Å². The van der Waals surface area contributed by atoms with Crippen LogP contribution in [0.3, 0.4) is 0 Å². The molecule has 0 spiro atoms. The highest BCUT2D eigenvalue weighted by atomic mass is 19.1. The standard InChI is InChI=1S/C21H14F2N4O/c22-15-6-2-7-16(23)20(15)27-21(28)14-9-11-24-18(12-14)26-17-8-1-4-13-5-3-10-25-19(13)17/h1-12H,(H,24,26)(H,27,28). The lowest BCUT2D eigenvalue weighted by Gasteiger charge is -2.10. The predicted molar refractivity (Wildman–Crippen MR) is 104 cm³/mol. The number of fused-ring (bicyclic) bond motifs is 1. The van der Waals surface area contributed by atoms with Crippen LogP contribution in [0.4, 0.5) is 26.0 Å². The molecule has 0 aliphatic rings. The van der Waals surface area contributed by atoms with Crippen LogP contribution in [0.25, 0.3) is 10.9 Å². The molecule has 0 atom stereocenters. The summed E-state index contributed by atoms with van der Waals surface area (Å²) in [5.41, 5.74) is 1.20. The van der Waals surface area contributed by atoms with E-state index >= 15 is 0 Å². The Kier molecular flexibility index (Phi) is 4.63. The minimum absolute atomic E-state index is 0.202. The zero-order valence-electron chi connectivity index (χ0n) is 14.5. The Morgan fingerprint density at radius 2 is 1.61 bits per heavy atom. The summed E-state index contributed by atoms with van der Waals surface area (Å²) in [6, 6.07) is 15.8. The molecule has 28 heavy (non-hydrogen) atoms. The van der Waals surface area contributed by atoms with Crippen molar-refractivity contribution >= 4 is 34.0 Å². The molecular weight excluding hydrogens is 362 g/mol. The maximum Gasteiger partial charge on any atom is 0.256 e. The quantitative estimate of drug-likeness (QED) is 0.531. The van der Waals surface area contributed by atoms with Crippen LogP contribution < -0.4 is 10.6 Å². The third-order valence-electron chi connectivity index (χ3n) is 4.12. The van der Waals surface area contributed by atoms with Gasteiger partial charge in [0.1, 0.15) is 23.1 Å². The fourth-order valence-corrected chi connectivity index (χ4v) is 2.79. The molecule has 2 N–H and O–H groups in total. The van der Waals surface area contributed by atoms with Crippen molar-refractivity contribution in [3.05, 3.63) is 90.3 Å². The van der Waals surface area contributed by atoms with Gasteiger partial charge in [0.15, 0.2) is 0 Å². The van der Waals surface area contributed by atoms with Gasteiger partial charge in [-0.05, 0) is 36.4 Å². The third kappa shape index (κ3) is 3.50. The number of nitrogens with zero attached hydrogens (tertiary/aromatic N) is 2. The van der Waals surface area contributed by atoms with Gasteiger partial charge in [-0.1, -0.05) is 24.3 Å². The van der Waals surface area contributed by atoms with Crippen LogP contribution in [0.2, 0.25) is 0 Å². The summed E-state index contributed by atoms with van der Waals surface area (Å²) in [7, 11) is 0. The van der Waals surface area contributed by atoms with Crippen molar-refractivity contribution in [2.45, 2.75) is 0 Å². The van der Waals surface area contributed by atoms with Crippen LogP contribution in [0.5, 0.6) is 0 Å². The van der Waals surface area contributed by atoms with Crippen LogP contribution in [-0.4, -0.2) is 15.9 Å². The average molecular weight is 376 g/mol. The molecule has 4 aromatic rings. The summed E-state index contributed by atoms with van der Waals surface area (Å²) < 4.78 is 27.5. The molecule has 2 aromatic carbocycles. The Hall–Kier alpha value is -3.87. The van der Waals surface area contributed by atoms with Gasteiger partial charge in [-0.2, -0.15) is 0 Å². The fraction of sp³-hybridized carbons (Fsp3) is 0. The molecule has 4 rings (SSSR count). The second kappa shape index (κ2) is 7.40. The van der Waals surface area contributed by atoms with E-state index in [9.17, 15) is 13.6 Å². The minimum atomic E-state index is -0.845. The van der Waals surface area contributed by atoms with Gasteiger partial charge in [-0.15, -0.1) is 0 Å². The van der Waals surface area contributed by atoms with Crippen LogP contribution in [0.1, 0.15) is 10.4 Å². The van der Waals surface area contributed by atoms with Crippen LogP contribution in [0.15, 0.2) is 73.1 Å². The Balaban J connectivity index is 1.60. The predicted octanol–water partition coefficient (Wildman–Crippen LogP) is 4.90. The number of amides is 1. The summed E-state index contributed by atoms with van der Waals surface area (Å²) in [6.07, 6.45) is 3.13. The summed E-state index contributed by atoms with van der Waals surface area (Å²) in [5.74, 6) is -1.93. The van der Waals surface area contributed by atoms with Gasteiger partial charge in [0, 0.05) is 23.3 Å². The molecule has 0 saturated heterocycles. The molecule has 0 bridgehead atoms. The maximum atomic E-state index is 13.8. The number of para-hydroxylation sites is 2. The molecule has 0 unspecified atom stereocenters. The molecular formula is C21H14F2N4O. The molecule has 7 heteroatoms. The fourth-order valence-electron chi connectivity index (χ4n) is 2.79. The smallest absolute Gasteiger partial charge is 0.256 e. The molecule has 0 aliphatic carbocycles. The van der Waals surface area contributed by atoms with E-state index in [0.717, 1.165) is 28.7 Å². The molecule has 2 aromatic heterocycles. The third-order valence-corrected chi connectivity index (χ3v) is 4.12. The minimum Gasteiger partial charge on any atom is -0.338 e. The first kappa shape index (κ1) is 17.5. The average Bonchev–Trinajstić information content (AvgIpc) is 2.71. The van der Waals surface area contributed by atoms with E-state index in [1.807, 2.05) is 30.3 Å². The molecule has 0 aliphatic heterocycles. The molecule has 5 nitrogen and oxygen atoms in total. The van der Waals surface area contributed by atoms with Crippen molar-refractivity contribution in [3.63, 3.8) is 0 Å². The molecule has 0 saturated carbocycles. The van der Waals surface area contributed by atoms with Gasteiger partial charge in [0.25, 0.3) is 5.91 Å². The summed E-state index contributed by atoms with van der Waals surface area (Å²) in [5, 5.41) is 6.34. The second-order valence-corrected chi connectivity index (χ2v) is 5.99. The van der Waals surface area contributed by atoms with E-state index in [-0.39, 0.29) is 5.56 Å². The molecule has 0 fully saturated rings. The lowest BCUT2D eigenvalue weighted by atomic mass is 10.2. The Labute approximate surface area is 159 Å². The number of halogens is 2. The lowest BCUT2D eigenvalue weighted by Crippen LogP contribution is -2.14. The number of hydrogen-bond acceptors (Lipinski definition) is 4. The maximum absolute atomic E-state index is 13.8. The van der Waals surface area contributed by atoms with Gasteiger partial charge in [-0.25, -0.2) is 13.8 Å². The highest BCUT2D eigenvalue weighted by molar-refractivity contribution is 6.05. The van der Waals surface area contributed by atoms with Crippen molar-refractivity contribution < 1.29 is 13.6 Å². The van der Waals surface area contributed by atoms with E-state index in [1.54, 1.807) is 6.20 Å². The monoisotopic (exact) mass is 376 g/mol. The van der Waals surface area contributed by atoms with Crippen molar-refractivity contribution in [3.8, 4) is 0 Å². The van der Waals surface area contributed by atoms with Crippen molar-refractivity contribution in [2.75, 3.05) is 10.6 Å². The number of hydrogen-bond donors (Lipinski definition) is 2. The number of anilines is 3. The number of pyridine rings is 2. The Morgan fingerprint density at radius 1 is 0.857 bits per heavy atom. The molecule has 1 amide bonds. The van der Waals surface area contributed by atoms with Gasteiger partial charge >= 0.3 is 0 Å². The summed E-state index contributed by atoms with van der Waals surface area (Å²) >= 11 is 0. The summed E-state index contributed by atoms with van der Waals surface area (Å²) in [4.78, 5) is 21.0. The first-order valence-corrected chi connectivity index (χ1v) is 8.44. The van der Waals surface area contributed by atoms with Gasteiger partial charge in [0.05, 0.1) is 11.2 Å². The number of nitrogens with one attached hydrogen (secondary N) is 2. The normalized spacial score (nSPS) is 10.6. The van der Waals surface area contributed by atoms with Crippen molar-refractivity contribution in [1.82, 2.24) is 9.97 Å². The number of rotatable bonds is 4. The largest absolute Gasteiger partial charge is 0.338 e. The van der Waals surface area contributed by atoms with E-state index in [2.05, 4.69) is 20.6 Å². The van der Waals surface area contributed by atoms with E-state index in [0.29, 0.717) is 5.82 Å². The highest BCUT2D eigenvalue weighted by Crippen LogP contribution is 2.24. The van der Waals surface area contributed by atoms with Crippen LogP contribution in [0, 0.1) is 11.6 Å². The van der Waals surface area contributed by atoms with Crippen molar-refractivity contribution in [1.29, 1.82) is 0 Å². The lowest BCUT2D eigenvalue weighted by molar-refractivity contribution is 0.102. The number of carbonyl (C=O) groups excluding carboxylic acids is 1. The molecule has 2 heterocycles. The number of benzene rings is 2. The van der Waals surface area contributed by atoms with E-state index in [1.165, 1.54) is 24.4 Å². The Morgan fingerprint density at radius 3 is 2.43 bits per heavy atom. The first-order chi connectivity index (χ1) is 13.6. The number of carbonyl (C=O) groups is 1. The molecule has 0 radical (unpaired) electrons. The zero-order chi connectivity index (χ0) is 19.5. The van der Waals surface area contributed by atoms with E-state index in [4.69, 9.17) is 0 Å². The van der Waals surface area contributed by atoms with E-state index < -0.39 is 23.2 Å². The topological polar surface area (TPSA) is 66.9 Å². The Bertz CT molecular complexity index is 1150. The van der Waals surface area contributed by atoms with Crippen molar-refractivity contribution in [2.24, 2.45) is 0 Å². The zero-order valence-corrected chi connectivity index (χ0v) is 14.5. The van der Waals surface area contributed by atoms with Crippen LogP contribution >= 0.6 is 0 Å². The highest BCUT2D eigenvalue weighted by Gasteiger charge is 2.14. The SMILES string of the molecule is O=C(Nc1c(F)cccc1F)c1ccnc(Nc2cccc3cccnc23)c1. The van der Waals surface area contributed by atoms with Crippen LogP contribution in [-0.2, 0) is 0 Å². The second-order valence-electron chi connectivity index (χ2n) is 5.99. The summed E-state index contributed by atoms with van der Waals surface area (Å²) in [6.45, 7) is 0. The van der Waals surface area contributed by atoms with Gasteiger partial charge < -0.3 is 10.6 Å². The number of aromatic nitrogens is 2.